The van der Waals surface area contributed by atoms with Gasteiger partial charge in [-0.25, -0.2) is 4.79 Å². The highest BCUT2D eigenvalue weighted by Gasteiger charge is 2.48. The SMILES string of the molecule is CCCCN1C(=O)c2cc(C=CC(=O)OC)ccc2OC12CCN(CC)CC2. The summed E-state index contributed by atoms with van der Waals surface area (Å²) in [6.07, 6.45) is 6.62. The number of likely N-dealkylation sites (tertiary alicyclic amines) is 1. The van der Waals surface area contributed by atoms with Crippen LogP contribution in [0.2, 0.25) is 0 Å². The lowest BCUT2D eigenvalue weighted by atomic mass is 9.93. The van der Waals surface area contributed by atoms with Crippen LogP contribution in [0.4, 0.5) is 0 Å². The van der Waals surface area contributed by atoms with E-state index in [-0.39, 0.29) is 5.91 Å². The summed E-state index contributed by atoms with van der Waals surface area (Å²) >= 11 is 0. The molecule has 2 aliphatic rings. The number of carbonyl (C=O) groups excluding carboxylic acids is 2. The fourth-order valence-corrected chi connectivity index (χ4v) is 3.94. The van der Waals surface area contributed by atoms with Crippen molar-refractivity contribution in [2.45, 2.75) is 45.3 Å². The summed E-state index contributed by atoms with van der Waals surface area (Å²) in [5, 5.41) is 0. The lowest BCUT2D eigenvalue weighted by Gasteiger charge is -2.51. The summed E-state index contributed by atoms with van der Waals surface area (Å²) in [4.78, 5) is 29.1. The Morgan fingerprint density at radius 1 is 1.29 bits per heavy atom. The van der Waals surface area contributed by atoms with Gasteiger partial charge in [-0.2, -0.15) is 0 Å². The van der Waals surface area contributed by atoms with Crippen LogP contribution in [0, 0.1) is 0 Å². The van der Waals surface area contributed by atoms with Gasteiger partial charge in [0.15, 0.2) is 5.72 Å². The van der Waals surface area contributed by atoms with Crippen LogP contribution in [0.3, 0.4) is 0 Å². The zero-order chi connectivity index (χ0) is 20.1. The van der Waals surface area contributed by atoms with Crippen molar-refractivity contribution < 1.29 is 19.1 Å². The molecular weight excluding hydrogens is 356 g/mol. The Morgan fingerprint density at radius 3 is 2.68 bits per heavy atom. The van der Waals surface area contributed by atoms with Gasteiger partial charge in [0.2, 0.25) is 0 Å². The van der Waals surface area contributed by atoms with Gasteiger partial charge in [-0.05, 0) is 36.7 Å². The van der Waals surface area contributed by atoms with E-state index in [0.29, 0.717) is 17.9 Å². The number of rotatable bonds is 6. The second kappa shape index (κ2) is 8.78. The van der Waals surface area contributed by atoms with Crippen LogP contribution in [0.15, 0.2) is 24.3 Å². The molecule has 0 radical (unpaired) electrons. The molecule has 2 heterocycles. The number of carbonyl (C=O) groups is 2. The van der Waals surface area contributed by atoms with Crippen molar-refractivity contribution in [3.8, 4) is 5.75 Å². The molecule has 0 unspecified atom stereocenters. The van der Waals surface area contributed by atoms with E-state index >= 15 is 0 Å². The maximum absolute atomic E-state index is 13.4. The zero-order valence-electron chi connectivity index (χ0n) is 17.1. The van der Waals surface area contributed by atoms with Crippen LogP contribution in [0.1, 0.15) is 55.5 Å². The highest BCUT2D eigenvalue weighted by atomic mass is 16.5. The molecule has 6 nitrogen and oxygen atoms in total. The van der Waals surface area contributed by atoms with Crippen molar-refractivity contribution in [1.82, 2.24) is 9.80 Å². The fraction of sp³-hybridized carbons (Fsp3) is 0.545. The number of nitrogens with zero attached hydrogens (tertiary/aromatic N) is 2. The first-order valence-corrected chi connectivity index (χ1v) is 10.2. The molecule has 1 aromatic carbocycles. The van der Waals surface area contributed by atoms with Crippen molar-refractivity contribution in [1.29, 1.82) is 0 Å². The topological polar surface area (TPSA) is 59.1 Å². The quantitative estimate of drug-likeness (QED) is 0.554. The smallest absolute Gasteiger partial charge is 0.330 e. The Labute approximate surface area is 167 Å². The van der Waals surface area contributed by atoms with Crippen molar-refractivity contribution in [2.24, 2.45) is 0 Å². The van der Waals surface area contributed by atoms with Crippen LogP contribution in [-0.2, 0) is 9.53 Å². The predicted octanol–water partition coefficient (Wildman–Crippen LogP) is 3.32. The molecule has 0 aliphatic carbocycles. The number of ether oxygens (including phenoxy) is 2. The first-order chi connectivity index (χ1) is 13.5. The molecule has 1 spiro atoms. The van der Waals surface area contributed by atoms with Gasteiger partial charge in [-0.1, -0.05) is 26.3 Å². The molecule has 28 heavy (non-hydrogen) atoms. The van der Waals surface area contributed by atoms with Crippen molar-refractivity contribution in [3.05, 3.63) is 35.4 Å². The standard InChI is InChI=1S/C22H30N2O4/c1-4-6-13-24-21(26)18-16-17(8-10-20(25)27-3)7-9-19(18)28-22(24)11-14-23(5-2)15-12-22/h7-10,16H,4-6,11-15H2,1-3H3. The Balaban J connectivity index is 1.91. The minimum atomic E-state index is -0.547. The molecule has 152 valence electrons. The van der Waals surface area contributed by atoms with Crippen LogP contribution in [0.5, 0.6) is 5.75 Å². The highest BCUT2D eigenvalue weighted by molar-refractivity contribution is 5.99. The van der Waals surface area contributed by atoms with Gasteiger partial charge in [0, 0.05) is 38.6 Å². The van der Waals surface area contributed by atoms with Gasteiger partial charge in [-0.3, -0.25) is 4.79 Å². The molecule has 0 aromatic heterocycles. The van der Waals surface area contributed by atoms with Crippen LogP contribution in [0.25, 0.3) is 6.08 Å². The number of methoxy groups -OCH3 is 1. The van der Waals surface area contributed by atoms with E-state index in [1.165, 1.54) is 13.2 Å². The third-order valence-electron chi connectivity index (χ3n) is 5.70. The summed E-state index contributed by atoms with van der Waals surface area (Å²) in [6, 6.07) is 5.50. The van der Waals surface area contributed by atoms with Gasteiger partial charge >= 0.3 is 5.97 Å². The number of amides is 1. The Bertz CT molecular complexity index is 751. The molecule has 1 aromatic rings. The van der Waals surface area contributed by atoms with Crippen LogP contribution < -0.4 is 4.74 Å². The van der Waals surface area contributed by atoms with E-state index in [4.69, 9.17) is 4.74 Å². The maximum atomic E-state index is 13.4. The van der Waals surface area contributed by atoms with E-state index in [1.807, 2.05) is 17.0 Å². The summed E-state index contributed by atoms with van der Waals surface area (Å²) in [7, 11) is 1.34. The van der Waals surface area contributed by atoms with Crippen molar-refractivity contribution in [3.63, 3.8) is 0 Å². The van der Waals surface area contributed by atoms with Gasteiger partial charge < -0.3 is 19.3 Å². The summed E-state index contributed by atoms with van der Waals surface area (Å²) in [5.74, 6) is 0.234. The average Bonchev–Trinajstić information content (AvgIpc) is 2.72. The first-order valence-electron chi connectivity index (χ1n) is 10.2. The van der Waals surface area contributed by atoms with Gasteiger partial charge in [0.05, 0.1) is 12.7 Å². The molecule has 0 saturated carbocycles. The average molecular weight is 386 g/mol. The minimum Gasteiger partial charge on any atom is -0.467 e. The van der Waals surface area contributed by atoms with E-state index in [9.17, 15) is 9.59 Å². The molecule has 2 aliphatic heterocycles. The number of esters is 1. The minimum absolute atomic E-state index is 0.0213. The summed E-state index contributed by atoms with van der Waals surface area (Å²) in [6.45, 7) is 7.88. The number of piperidine rings is 1. The highest BCUT2D eigenvalue weighted by Crippen LogP contribution is 2.40. The number of unbranched alkanes of at least 4 members (excludes halogenated alkanes) is 1. The number of hydrogen-bond acceptors (Lipinski definition) is 5. The molecule has 0 bridgehead atoms. The second-order valence-corrected chi connectivity index (χ2v) is 7.40. The zero-order valence-corrected chi connectivity index (χ0v) is 17.1. The number of benzene rings is 1. The van der Waals surface area contributed by atoms with E-state index in [0.717, 1.165) is 50.9 Å². The molecule has 0 N–H and O–H groups in total. The molecular formula is C22H30N2O4. The monoisotopic (exact) mass is 386 g/mol. The second-order valence-electron chi connectivity index (χ2n) is 7.40. The van der Waals surface area contributed by atoms with Crippen LogP contribution in [-0.4, -0.2) is 60.7 Å². The lowest BCUT2D eigenvalue weighted by molar-refractivity contribution is -0.134. The van der Waals surface area contributed by atoms with E-state index in [1.54, 1.807) is 12.1 Å². The third kappa shape index (κ3) is 4.07. The Morgan fingerprint density at radius 2 is 2.04 bits per heavy atom. The molecule has 0 atom stereocenters. The summed E-state index contributed by atoms with van der Waals surface area (Å²) < 4.78 is 11.1. The number of hydrogen-bond donors (Lipinski definition) is 0. The third-order valence-corrected chi connectivity index (χ3v) is 5.70. The predicted molar refractivity (Wildman–Crippen MR) is 108 cm³/mol. The fourth-order valence-electron chi connectivity index (χ4n) is 3.94. The van der Waals surface area contributed by atoms with Gasteiger partial charge in [0.1, 0.15) is 5.75 Å². The molecule has 1 saturated heterocycles. The lowest BCUT2D eigenvalue weighted by Crippen LogP contribution is -2.63. The van der Waals surface area contributed by atoms with Crippen LogP contribution >= 0.6 is 0 Å². The van der Waals surface area contributed by atoms with Crippen molar-refractivity contribution >= 4 is 18.0 Å². The Kier molecular flexibility index (Phi) is 6.39. The molecule has 6 heteroatoms. The van der Waals surface area contributed by atoms with E-state index in [2.05, 4.69) is 23.5 Å². The first kappa shape index (κ1) is 20.4. The van der Waals surface area contributed by atoms with Gasteiger partial charge in [0.25, 0.3) is 5.91 Å². The van der Waals surface area contributed by atoms with Gasteiger partial charge in [-0.15, -0.1) is 0 Å². The molecule has 3 rings (SSSR count). The summed E-state index contributed by atoms with van der Waals surface area (Å²) in [5.41, 5.74) is 0.786. The normalized spacial score (nSPS) is 19.0. The largest absolute Gasteiger partial charge is 0.467 e. The van der Waals surface area contributed by atoms with E-state index < -0.39 is 11.7 Å². The molecule has 1 fully saturated rings. The number of fused-ring (bicyclic) bond motifs is 1. The maximum Gasteiger partial charge on any atom is 0.330 e. The van der Waals surface area contributed by atoms with Crippen molar-refractivity contribution in [2.75, 3.05) is 33.3 Å². The Hall–Kier alpha value is -2.34. The molecule has 1 amide bonds.